The Morgan fingerprint density at radius 1 is 1.06 bits per heavy atom. The van der Waals surface area contributed by atoms with Crippen LogP contribution in [-0.4, -0.2) is 41.4 Å². The molecule has 1 aliphatic heterocycles. The fourth-order valence-corrected chi connectivity index (χ4v) is 5.56. The molecule has 1 N–H and O–H groups in total. The van der Waals surface area contributed by atoms with Crippen molar-refractivity contribution in [2.45, 2.75) is 63.2 Å². The Kier molecular flexibility index (Phi) is 6.45. The molecule has 2 saturated carbocycles. The summed E-state index contributed by atoms with van der Waals surface area (Å²) in [6.07, 6.45) is 2.57. The van der Waals surface area contributed by atoms with E-state index in [1.807, 2.05) is 6.92 Å². The molecular formula is C26H29F3N2OS. The Morgan fingerprint density at radius 2 is 1.76 bits per heavy atom. The molecule has 5 rings (SSSR count). The first-order chi connectivity index (χ1) is 16.0. The third-order valence-corrected chi connectivity index (χ3v) is 7.72. The highest BCUT2D eigenvalue weighted by atomic mass is 32.2. The molecule has 2 aliphatic carbocycles. The number of alkyl halides is 1. The smallest absolute Gasteiger partial charge is 0.226 e. The van der Waals surface area contributed by atoms with Gasteiger partial charge in [0.15, 0.2) is 0 Å². The third-order valence-electron chi connectivity index (χ3n) is 6.99. The lowest BCUT2D eigenvalue weighted by atomic mass is 9.94. The van der Waals surface area contributed by atoms with E-state index in [-0.39, 0.29) is 47.7 Å². The van der Waals surface area contributed by atoms with E-state index in [4.69, 9.17) is 0 Å². The molecule has 1 heterocycles. The second kappa shape index (κ2) is 9.34. The van der Waals surface area contributed by atoms with Crippen molar-refractivity contribution in [3.05, 3.63) is 59.2 Å². The van der Waals surface area contributed by atoms with Crippen LogP contribution in [0.3, 0.4) is 0 Å². The molecule has 33 heavy (non-hydrogen) atoms. The highest BCUT2D eigenvalue weighted by Gasteiger charge is 2.47. The van der Waals surface area contributed by atoms with Crippen molar-refractivity contribution in [2.75, 3.05) is 12.3 Å². The largest absolute Gasteiger partial charge is 0.334 e. The van der Waals surface area contributed by atoms with Crippen LogP contribution in [0.4, 0.5) is 13.2 Å². The van der Waals surface area contributed by atoms with Gasteiger partial charge in [0, 0.05) is 22.8 Å². The van der Waals surface area contributed by atoms with E-state index in [0.29, 0.717) is 11.1 Å². The number of carbonyl (C=O) groups is 1. The summed E-state index contributed by atoms with van der Waals surface area (Å²) in [5.41, 5.74) is 1.51. The second-order valence-corrected chi connectivity index (χ2v) is 10.5. The average molecular weight is 475 g/mol. The van der Waals surface area contributed by atoms with E-state index < -0.39 is 24.1 Å². The molecule has 3 atom stereocenters. The fraction of sp³-hybridized carbons (Fsp3) is 0.500. The Morgan fingerprint density at radius 3 is 2.42 bits per heavy atom. The zero-order valence-corrected chi connectivity index (χ0v) is 19.5. The normalized spacial score (nSPS) is 25.0. The molecule has 176 valence electrons. The maximum absolute atomic E-state index is 15.7. The van der Waals surface area contributed by atoms with Crippen molar-refractivity contribution >= 4 is 17.9 Å². The minimum Gasteiger partial charge on any atom is -0.334 e. The van der Waals surface area contributed by atoms with Crippen LogP contribution in [-0.2, 0) is 11.2 Å². The molecule has 3 nitrogen and oxygen atoms in total. The first kappa shape index (κ1) is 22.8. The lowest BCUT2D eigenvalue weighted by Crippen LogP contribution is -2.46. The van der Waals surface area contributed by atoms with Crippen LogP contribution < -0.4 is 4.72 Å². The van der Waals surface area contributed by atoms with Crippen LogP contribution in [0, 0.1) is 17.6 Å². The van der Waals surface area contributed by atoms with Crippen molar-refractivity contribution in [3.63, 3.8) is 0 Å². The van der Waals surface area contributed by atoms with Gasteiger partial charge in [-0.1, -0.05) is 55.3 Å². The zero-order chi connectivity index (χ0) is 23.1. The number of hydrogen-bond acceptors (Lipinski definition) is 3. The Hall–Kier alpha value is -1.99. The molecule has 0 aromatic heterocycles. The van der Waals surface area contributed by atoms with Gasteiger partial charge in [-0.25, -0.2) is 13.2 Å². The average Bonchev–Trinajstić information content (AvgIpc) is 3.72. The number of nitrogens with one attached hydrogen (secondary N) is 1. The van der Waals surface area contributed by atoms with Crippen LogP contribution in [0.1, 0.15) is 49.7 Å². The molecule has 0 radical (unpaired) electrons. The zero-order valence-electron chi connectivity index (χ0n) is 18.7. The van der Waals surface area contributed by atoms with E-state index in [1.54, 1.807) is 41.3 Å². The first-order valence-electron chi connectivity index (χ1n) is 11.9. The number of nitrogens with zero attached hydrogens (tertiary/aromatic N) is 1. The summed E-state index contributed by atoms with van der Waals surface area (Å²) in [7, 11) is 0. The van der Waals surface area contributed by atoms with Crippen molar-refractivity contribution < 1.29 is 18.0 Å². The van der Waals surface area contributed by atoms with Gasteiger partial charge in [-0.3, -0.25) is 9.52 Å². The molecular weight excluding hydrogens is 445 g/mol. The summed E-state index contributed by atoms with van der Waals surface area (Å²) in [6.45, 7) is 2.00. The molecule has 0 spiro atoms. The van der Waals surface area contributed by atoms with Crippen LogP contribution in [0.25, 0.3) is 11.1 Å². The van der Waals surface area contributed by atoms with Gasteiger partial charge < -0.3 is 4.90 Å². The summed E-state index contributed by atoms with van der Waals surface area (Å²) >= 11 is 1.41. The number of amides is 1. The number of carbonyl (C=O) groups excluding carboxylic acids is 1. The summed E-state index contributed by atoms with van der Waals surface area (Å²) < 4.78 is 49.1. The summed E-state index contributed by atoms with van der Waals surface area (Å²) in [6, 6.07) is 9.08. The number of halogens is 3. The molecule has 0 bridgehead atoms. The molecule has 3 aliphatic rings. The van der Waals surface area contributed by atoms with Crippen molar-refractivity contribution in [3.8, 4) is 11.1 Å². The van der Waals surface area contributed by atoms with E-state index in [1.165, 1.54) is 11.9 Å². The van der Waals surface area contributed by atoms with Gasteiger partial charge in [-0.05, 0) is 49.1 Å². The number of benzene rings is 2. The van der Waals surface area contributed by atoms with Crippen LogP contribution in [0.15, 0.2) is 36.4 Å². The van der Waals surface area contributed by atoms with Crippen LogP contribution >= 0.6 is 11.9 Å². The molecule has 1 amide bonds. The van der Waals surface area contributed by atoms with Crippen LogP contribution in [0.5, 0.6) is 0 Å². The summed E-state index contributed by atoms with van der Waals surface area (Å²) in [5.74, 6) is 0.0620. The molecule has 7 heteroatoms. The Labute approximate surface area is 197 Å². The fourth-order valence-electron chi connectivity index (χ4n) is 4.90. The molecule has 2 aromatic carbocycles. The van der Waals surface area contributed by atoms with E-state index in [0.717, 1.165) is 31.4 Å². The highest BCUT2D eigenvalue weighted by molar-refractivity contribution is 7.97. The molecule has 3 fully saturated rings. The first-order valence-corrected chi connectivity index (χ1v) is 12.9. The summed E-state index contributed by atoms with van der Waals surface area (Å²) in [5, 5.41) is 0. The third kappa shape index (κ3) is 4.54. The lowest BCUT2D eigenvalue weighted by molar-refractivity contribution is -0.133. The van der Waals surface area contributed by atoms with Gasteiger partial charge in [0.25, 0.3) is 0 Å². The predicted molar refractivity (Wildman–Crippen MR) is 126 cm³/mol. The maximum atomic E-state index is 15.7. The SMILES string of the molecule is CCSN[C@H]1[C@@H](F)CN(C(=O)C2CC2)[C@H]1Cc1cccc(-c2cccc(C3CC3)c2F)c1F. The molecule has 2 aromatic rings. The van der Waals surface area contributed by atoms with Gasteiger partial charge in [0.2, 0.25) is 5.91 Å². The van der Waals surface area contributed by atoms with E-state index in [2.05, 4.69) is 4.72 Å². The lowest BCUT2D eigenvalue weighted by Gasteiger charge is -2.29. The van der Waals surface area contributed by atoms with Gasteiger partial charge in [-0.2, -0.15) is 0 Å². The molecule has 0 unspecified atom stereocenters. The number of rotatable bonds is 8. The minimum absolute atomic E-state index is 0.0291. The van der Waals surface area contributed by atoms with Gasteiger partial charge >= 0.3 is 0 Å². The highest BCUT2D eigenvalue weighted by Crippen LogP contribution is 2.43. The summed E-state index contributed by atoms with van der Waals surface area (Å²) in [4.78, 5) is 14.5. The maximum Gasteiger partial charge on any atom is 0.226 e. The Bertz CT molecular complexity index is 1040. The predicted octanol–water partition coefficient (Wildman–Crippen LogP) is 5.64. The van der Waals surface area contributed by atoms with E-state index >= 15 is 8.78 Å². The van der Waals surface area contributed by atoms with Crippen molar-refractivity contribution in [2.24, 2.45) is 5.92 Å². The molecule has 1 saturated heterocycles. The van der Waals surface area contributed by atoms with E-state index in [9.17, 15) is 9.18 Å². The number of hydrogen-bond donors (Lipinski definition) is 1. The Balaban J connectivity index is 1.46. The second-order valence-electron chi connectivity index (χ2n) is 9.39. The van der Waals surface area contributed by atoms with Gasteiger partial charge in [-0.15, -0.1) is 0 Å². The van der Waals surface area contributed by atoms with Crippen molar-refractivity contribution in [1.29, 1.82) is 0 Å². The van der Waals surface area contributed by atoms with Crippen LogP contribution in [0.2, 0.25) is 0 Å². The standard InChI is InChI=1S/C26H29F3N2OS/c1-2-33-30-25-21(27)14-31(26(32)16-11-12-16)22(25)13-17-5-3-7-19(23(17)28)20-8-4-6-18(24(20)29)15-9-10-15/h3-8,15-16,21-22,25,30H,2,9-14H2,1H3/t21-,22-,25-/m0/s1. The topological polar surface area (TPSA) is 32.3 Å². The van der Waals surface area contributed by atoms with Crippen molar-refractivity contribution in [1.82, 2.24) is 9.62 Å². The van der Waals surface area contributed by atoms with Gasteiger partial charge in [0.1, 0.15) is 17.8 Å². The minimum atomic E-state index is -1.21. The van der Waals surface area contributed by atoms with Gasteiger partial charge in [0.05, 0.1) is 18.6 Å². The quantitative estimate of drug-likeness (QED) is 0.503. The monoisotopic (exact) mass is 474 g/mol. The number of likely N-dealkylation sites (tertiary alicyclic amines) is 1.